The lowest BCUT2D eigenvalue weighted by Gasteiger charge is -2.08. The first-order chi connectivity index (χ1) is 17.4. The van der Waals surface area contributed by atoms with Gasteiger partial charge in [-0.2, -0.15) is 5.26 Å². The minimum atomic E-state index is -0.442. The van der Waals surface area contributed by atoms with E-state index in [-0.39, 0.29) is 22.8 Å². The molecule has 10 heteroatoms. The summed E-state index contributed by atoms with van der Waals surface area (Å²) >= 11 is 4.17. The number of fused-ring (bicyclic) bond motifs is 2. The molecule has 36 heavy (non-hydrogen) atoms. The Morgan fingerprint density at radius 3 is 1.56 bits per heavy atom. The van der Waals surface area contributed by atoms with Crippen LogP contribution in [0.25, 0.3) is 4.85 Å². The standard InChI is InChI=1S/C26H12N2O4S4/c1-28-16(18(30)14-10-6-3-7-11-14)26-35-23-19(31)21-22(20(32)24(23)36-26)34-25(33-21)15(12-27)17(29)13-8-4-2-5-9-13/h2-11,31-32H. The van der Waals surface area contributed by atoms with Crippen molar-refractivity contribution >= 4 is 58.6 Å². The zero-order valence-corrected chi connectivity index (χ0v) is 21.3. The quantitative estimate of drug-likeness (QED) is 0.117. The van der Waals surface area contributed by atoms with Crippen LogP contribution < -0.4 is 0 Å². The van der Waals surface area contributed by atoms with Crippen molar-refractivity contribution in [2.24, 2.45) is 0 Å². The van der Waals surface area contributed by atoms with Gasteiger partial charge in [0.2, 0.25) is 5.78 Å². The molecule has 0 aromatic heterocycles. The van der Waals surface area contributed by atoms with E-state index in [2.05, 4.69) is 4.85 Å². The van der Waals surface area contributed by atoms with Crippen LogP contribution in [-0.4, -0.2) is 21.8 Å². The molecule has 2 heterocycles. The minimum absolute atomic E-state index is 0.0731. The van der Waals surface area contributed by atoms with E-state index in [0.29, 0.717) is 39.2 Å². The summed E-state index contributed by atoms with van der Waals surface area (Å²) < 4.78 is 0.730. The lowest BCUT2D eigenvalue weighted by molar-refractivity contribution is 0.103. The number of nitrogens with zero attached hydrogens (tertiary/aromatic N) is 2. The number of benzene rings is 3. The molecule has 0 saturated heterocycles. The fourth-order valence-electron chi connectivity index (χ4n) is 3.46. The third-order valence-corrected chi connectivity index (χ3v) is 10.4. The third kappa shape index (κ3) is 4.08. The van der Waals surface area contributed by atoms with Gasteiger partial charge >= 0.3 is 0 Å². The topological polar surface area (TPSA) is 103 Å². The van der Waals surface area contributed by atoms with Gasteiger partial charge in [0.1, 0.15) is 23.1 Å². The maximum atomic E-state index is 12.9. The van der Waals surface area contributed by atoms with Crippen LogP contribution in [-0.2, 0) is 0 Å². The van der Waals surface area contributed by atoms with Gasteiger partial charge in [0.15, 0.2) is 5.78 Å². The van der Waals surface area contributed by atoms with E-state index < -0.39 is 11.6 Å². The maximum absolute atomic E-state index is 12.9. The zero-order chi connectivity index (χ0) is 25.4. The Hall–Kier alpha value is -3.54. The van der Waals surface area contributed by atoms with Gasteiger partial charge in [0, 0.05) is 11.1 Å². The van der Waals surface area contributed by atoms with Crippen molar-refractivity contribution in [3.8, 4) is 17.6 Å². The molecule has 5 rings (SSSR count). The summed E-state index contributed by atoms with van der Waals surface area (Å²) in [5.74, 6) is -1.13. The lowest BCUT2D eigenvalue weighted by atomic mass is 10.1. The number of phenolic OH excluding ortho intramolecular Hbond substituents is 2. The Bertz CT molecular complexity index is 1440. The average molecular weight is 545 g/mol. The molecule has 3 aromatic carbocycles. The van der Waals surface area contributed by atoms with Crippen molar-refractivity contribution in [2.75, 3.05) is 0 Å². The highest BCUT2D eigenvalue weighted by Crippen LogP contribution is 2.68. The van der Waals surface area contributed by atoms with Gasteiger partial charge in [-0.05, 0) is 0 Å². The Morgan fingerprint density at radius 2 is 1.14 bits per heavy atom. The van der Waals surface area contributed by atoms with Gasteiger partial charge in [0.25, 0.3) is 5.70 Å². The Kier molecular flexibility index (Phi) is 6.61. The number of carbonyl (C=O) groups excluding carboxylic acids is 2. The van der Waals surface area contributed by atoms with Gasteiger partial charge in [-0.15, -0.1) is 0 Å². The molecule has 2 N–H and O–H groups in total. The van der Waals surface area contributed by atoms with Crippen LogP contribution in [0.4, 0.5) is 0 Å². The number of carbonyl (C=O) groups is 2. The molecule has 0 unspecified atom stereocenters. The van der Waals surface area contributed by atoms with Crippen molar-refractivity contribution < 1.29 is 19.8 Å². The number of Topliss-reactive ketones (excluding diaryl/α,β-unsaturated/α-hetero) is 2. The summed E-state index contributed by atoms with van der Waals surface area (Å²) in [6.45, 7) is 7.57. The second kappa shape index (κ2) is 9.84. The predicted molar refractivity (Wildman–Crippen MR) is 141 cm³/mol. The normalized spacial score (nSPS) is 13.4. The summed E-state index contributed by atoms with van der Waals surface area (Å²) in [6, 6.07) is 18.8. The number of hydrogen-bond donors (Lipinski definition) is 2. The van der Waals surface area contributed by atoms with E-state index >= 15 is 0 Å². The Morgan fingerprint density at radius 1 is 0.722 bits per heavy atom. The summed E-state index contributed by atoms with van der Waals surface area (Å²) in [5, 5.41) is 31.8. The van der Waals surface area contributed by atoms with Gasteiger partial charge < -0.3 is 15.0 Å². The molecule has 2 aliphatic heterocycles. The maximum Gasteiger partial charge on any atom is 0.254 e. The fourth-order valence-corrected chi connectivity index (χ4v) is 8.67. The number of nitriles is 1. The second-order valence-electron chi connectivity index (χ2n) is 7.33. The van der Waals surface area contributed by atoms with Crippen LogP contribution in [0.2, 0.25) is 0 Å². The average Bonchev–Trinajstić information content (AvgIpc) is 3.55. The number of rotatable bonds is 4. The number of aromatic hydroxyl groups is 2. The molecule has 0 amide bonds. The van der Waals surface area contributed by atoms with Crippen LogP contribution in [0.5, 0.6) is 11.5 Å². The molecule has 0 fully saturated rings. The summed E-state index contributed by atoms with van der Waals surface area (Å²) in [4.78, 5) is 30.6. The zero-order valence-electron chi connectivity index (χ0n) is 18.0. The molecule has 2 aliphatic rings. The molecule has 3 aromatic rings. The molecule has 0 saturated carbocycles. The lowest BCUT2D eigenvalue weighted by Crippen LogP contribution is -2.02. The first kappa shape index (κ1) is 24.2. The first-order valence-corrected chi connectivity index (χ1v) is 13.5. The molecule has 0 aliphatic carbocycles. The van der Waals surface area contributed by atoms with Crippen LogP contribution in [0, 0.1) is 17.9 Å². The fraction of sp³-hybridized carbons (Fsp3) is 0. The van der Waals surface area contributed by atoms with E-state index in [9.17, 15) is 25.1 Å². The van der Waals surface area contributed by atoms with E-state index in [1.807, 2.05) is 6.07 Å². The molecule has 0 spiro atoms. The number of thioether (sulfide) groups is 4. The van der Waals surface area contributed by atoms with Gasteiger partial charge in [-0.1, -0.05) is 108 Å². The van der Waals surface area contributed by atoms with Crippen LogP contribution in [0.3, 0.4) is 0 Å². The van der Waals surface area contributed by atoms with E-state index in [4.69, 9.17) is 6.57 Å². The van der Waals surface area contributed by atoms with Crippen molar-refractivity contribution in [3.05, 3.63) is 103 Å². The molecular weight excluding hydrogens is 533 g/mol. The highest BCUT2D eigenvalue weighted by molar-refractivity contribution is 8.26. The van der Waals surface area contributed by atoms with Crippen LogP contribution >= 0.6 is 47.0 Å². The number of ketones is 2. The van der Waals surface area contributed by atoms with Crippen molar-refractivity contribution in [3.63, 3.8) is 0 Å². The summed E-state index contributed by atoms with van der Waals surface area (Å²) in [7, 11) is 0. The largest absolute Gasteiger partial charge is 0.505 e. The number of hydrogen-bond acceptors (Lipinski definition) is 9. The van der Waals surface area contributed by atoms with E-state index in [1.54, 1.807) is 60.7 Å². The van der Waals surface area contributed by atoms with Crippen molar-refractivity contribution in [2.45, 2.75) is 19.6 Å². The van der Waals surface area contributed by atoms with Gasteiger partial charge in [-0.25, -0.2) is 4.85 Å². The highest BCUT2D eigenvalue weighted by atomic mass is 32.2. The molecule has 6 nitrogen and oxygen atoms in total. The van der Waals surface area contributed by atoms with Crippen LogP contribution in [0.15, 0.2) is 100.0 Å². The summed E-state index contributed by atoms with van der Waals surface area (Å²) in [5.41, 5.74) is 0.575. The van der Waals surface area contributed by atoms with Crippen LogP contribution in [0.1, 0.15) is 20.7 Å². The predicted octanol–water partition coefficient (Wildman–Crippen LogP) is 7.08. The molecule has 174 valence electrons. The molecule has 0 bridgehead atoms. The van der Waals surface area contributed by atoms with Crippen molar-refractivity contribution in [1.82, 2.24) is 0 Å². The molecule has 0 atom stereocenters. The number of allylic oxidation sites excluding steroid dienone is 2. The molecular formula is C26H12N2O4S4. The Labute approximate surface area is 222 Å². The molecule has 0 radical (unpaired) electrons. The Balaban J connectivity index is 1.52. The number of phenols is 2. The monoisotopic (exact) mass is 544 g/mol. The SMILES string of the molecule is [C-]#[N+]C(C(=O)c1ccccc1)=C1Sc2c(O)c3c(c(O)c2S1)SC(=C(C#N)C(=O)c1ccccc1)S3. The van der Waals surface area contributed by atoms with Gasteiger partial charge in [-0.3, -0.25) is 4.79 Å². The first-order valence-electron chi connectivity index (χ1n) is 10.2. The summed E-state index contributed by atoms with van der Waals surface area (Å²) in [6.07, 6.45) is 0. The minimum Gasteiger partial charge on any atom is -0.505 e. The van der Waals surface area contributed by atoms with E-state index in [1.165, 1.54) is 0 Å². The van der Waals surface area contributed by atoms with Crippen molar-refractivity contribution in [1.29, 1.82) is 5.26 Å². The van der Waals surface area contributed by atoms with E-state index in [0.717, 1.165) is 47.0 Å². The second-order valence-corrected chi connectivity index (χ2v) is 11.9. The highest BCUT2D eigenvalue weighted by Gasteiger charge is 2.38. The van der Waals surface area contributed by atoms with Gasteiger partial charge in [0.05, 0.1) is 34.6 Å². The smallest absolute Gasteiger partial charge is 0.254 e. The third-order valence-electron chi connectivity index (χ3n) is 5.19.